The molecule has 5 aromatic rings. The summed E-state index contributed by atoms with van der Waals surface area (Å²) in [5.74, 6) is 0.288. The van der Waals surface area contributed by atoms with E-state index in [1.54, 1.807) is 36.4 Å². The van der Waals surface area contributed by atoms with Crippen LogP contribution in [-0.4, -0.2) is 50.8 Å². The van der Waals surface area contributed by atoms with E-state index in [1.807, 2.05) is 18.2 Å². The number of nitrogens with two attached hydrogens (primary N) is 1. The zero-order chi connectivity index (χ0) is 28.0. The number of piperazine rings is 1. The molecule has 1 aliphatic rings. The smallest absolute Gasteiger partial charge is 0.228 e. The number of nitrogen functional groups attached to an aromatic ring is 1. The van der Waals surface area contributed by atoms with Gasteiger partial charge in [0, 0.05) is 53.9 Å². The molecule has 2 aromatic heterocycles. The molecule has 0 radical (unpaired) electrons. The van der Waals surface area contributed by atoms with Gasteiger partial charge in [0.15, 0.2) is 5.65 Å². The van der Waals surface area contributed by atoms with E-state index in [9.17, 15) is 0 Å². The van der Waals surface area contributed by atoms with Crippen LogP contribution < -0.4 is 10.6 Å². The van der Waals surface area contributed by atoms with Gasteiger partial charge in [-0.3, -0.25) is 4.90 Å². The zero-order valence-corrected chi connectivity index (χ0v) is 24.0. The van der Waals surface area contributed by atoms with Gasteiger partial charge in [-0.2, -0.15) is 4.98 Å². The molecule has 0 spiro atoms. The molecular formula is C28H22Cl4FN7. The SMILES string of the molecule is Nc1c2c(-c3ccccc3F)nc(N3CCN(Cc4c(Cl)cccc4Cl)CC3)nc2nn1-c1ccc(Cl)c(Cl)c1. The summed E-state index contributed by atoms with van der Waals surface area (Å²) >= 11 is 25.1. The highest BCUT2D eigenvalue weighted by Crippen LogP contribution is 2.36. The van der Waals surface area contributed by atoms with E-state index in [2.05, 4.69) is 14.9 Å². The van der Waals surface area contributed by atoms with Crippen LogP contribution in [0.1, 0.15) is 5.56 Å². The highest BCUT2D eigenvalue weighted by molar-refractivity contribution is 6.42. The molecule has 7 nitrogen and oxygen atoms in total. The summed E-state index contributed by atoms with van der Waals surface area (Å²) in [6.07, 6.45) is 0. The molecule has 2 N–H and O–H groups in total. The Kier molecular flexibility index (Phi) is 7.46. The van der Waals surface area contributed by atoms with Crippen molar-refractivity contribution in [1.29, 1.82) is 0 Å². The minimum atomic E-state index is -0.420. The molecule has 1 fully saturated rings. The fraction of sp³-hybridized carbons (Fsp3) is 0.179. The Hall–Kier alpha value is -3.14. The third kappa shape index (κ3) is 5.06. The van der Waals surface area contributed by atoms with Gasteiger partial charge in [-0.15, -0.1) is 5.10 Å². The van der Waals surface area contributed by atoms with Gasteiger partial charge in [0.05, 0.1) is 26.8 Å². The third-order valence-corrected chi connectivity index (χ3v) is 8.38. The summed E-state index contributed by atoms with van der Waals surface area (Å²) in [6, 6.07) is 17.0. The molecule has 1 aliphatic heterocycles. The predicted molar refractivity (Wildman–Crippen MR) is 160 cm³/mol. The third-order valence-electron chi connectivity index (χ3n) is 6.93. The van der Waals surface area contributed by atoms with Gasteiger partial charge < -0.3 is 10.6 Å². The summed E-state index contributed by atoms with van der Waals surface area (Å²) in [7, 11) is 0. The van der Waals surface area contributed by atoms with Gasteiger partial charge in [-0.1, -0.05) is 64.6 Å². The Morgan fingerprint density at radius 3 is 2.23 bits per heavy atom. The monoisotopic (exact) mass is 615 g/mol. The lowest BCUT2D eigenvalue weighted by atomic mass is 10.1. The molecule has 40 heavy (non-hydrogen) atoms. The van der Waals surface area contributed by atoms with Gasteiger partial charge in [0.25, 0.3) is 0 Å². The van der Waals surface area contributed by atoms with E-state index in [-0.39, 0.29) is 5.82 Å². The van der Waals surface area contributed by atoms with Crippen molar-refractivity contribution in [2.24, 2.45) is 0 Å². The van der Waals surface area contributed by atoms with Gasteiger partial charge in [0.1, 0.15) is 11.6 Å². The quantitative estimate of drug-likeness (QED) is 0.226. The first-order chi connectivity index (χ1) is 19.3. The molecule has 0 saturated carbocycles. The van der Waals surface area contributed by atoms with E-state index in [1.165, 1.54) is 10.7 Å². The van der Waals surface area contributed by atoms with Crippen molar-refractivity contribution in [2.75, 3.05) is 36.8 Å². The minimum Gasteiger partial charge on any atom is -0.383 e. The molecule has 6 rings (SSSR count). The van der Waals surface area contributed by atoms with Crippen molar-refractivity contribution in [3.63, 3.8) is 0 Å². The van der Waals surface area contributed by atoms with Crippen molar-refractivity contribution in [3.05, 3.63) is 92.1 Å². The Morgan fingerprint density at radius 2 is 1.52 bits per heavy atom. The first-order valence-electron chi connectivity index (χ1n) is 12.5. The molecule has 0 unspecified atom stereocenters. The first-order valence-corrected chi connectivity index (χ1v) is 14.0. The van der Waals surface area contributed by atoms with Crippen LogP contribution in [0, 0.1) is 5.82 Å². The molecular weight excluding hydrogens is 595 g/mol. The summed E-state index contributed by atoms with van der Waals surface area (Å²) in [5.41, 5.74) is 9.09. The summed E-state index contributed by atoms with van der Waals surface area (Å²) in [4.78, 5) is 13.9. The molecule has 0 atom stereocenters. The van der Waals surface area contributed by atoms with Crippen LogP contribution in [0.4, 0.5) is 16.2 Å². The molecule has 12 heteroatoms. The fourth-order valence-corrected chi connectivity index (χ4v) is 5.63. The molecule has 0 bridgehead atoms. The van der Waals surface area contributed by atoms with E-state index in [0.717, 1.165) is 18.7 Å². The molecule has 0 aliphatic carbocycles. The van der Waals surface area contributed by atoms with E-state index in [4.69, 9.17) is 62.1 Å². The van der Waals surface area contributed by atoms with Crippen molar-refractivity contribution < 1.29 is 4.39 Å². The van der Waals surface area contributed by atoms with Crippen LogP contribution in [-0.2, 0) is 6.54 Å². The van der Waals surface area contributed by atoms with Crippen LogP contribution in [0.2, 0.25) is 20.1 Å². The summed E-state index contributed by atoms with van der Waals surface area (Å²) in [5, 5.41) is 7.17. The maximum atomic E-state index is 15.1. The molecule has 3 heterocycles. The number of halogens is 5. The Labute approximate surface area is 249 Å². The number of nitrogens with zero attached hydrogens (tertiary/aromatic N) is 6. The topological polar surface area (TPSA) is 76.1 Å². The number of aromatic nitrogens is 4. The van der Waals surface area contributed by atoms with Crippen molar-refractivity contribution >= 4 is 69.2 Å². The van der Waals surface area contributed by atoms with Crippen LogP contribution in [0.15, 0.2) is 60.7 Å². The number of hydrogen-bond donors (Lipinski definition) is 1. The maximum absolute atomic E-state index is 15.1. The maximum Gasteiger partial charge on any atom is 0.228 e. The van der Waals surface area contributed by atoms with Crippen LogP contribution in [0.3, 0.4) is 0 Å². The van der Waals surface area contributed by atoms with E-state index >= 15 is 4.39 Å². The molecule has 3 aromatic carbocycles. The van der Waals surface area contributed by atoms with Crippen molar-refractivity contribution in [3.8, 4) is 16.9 Å². The van der Waals surface area contributed by atoms with Crippen LogP contribution >= 0.6 is 46.4 Å². The van der Waals surface area contributed by atoms with Crippen LogP contribution in [0.5, 0.6) is 0 Å². The number of anilines is 2. The minimum absolute atomic E-state index is 0.264. The highest BCUT2D eigenvalue weighted by Gasteiger charge is 2.25. The lowest BCUT2D eigenvalue weighted by Crippen LogP contribution is -2.46. The number of fused-ring (bicyclic) bond motifs is 1. The molecule has 0 amide bonds. The Bertz CT molecular complexity index is 1710. The van der Waals surface area contributed by atoms with Crippen molar-refractivity contribution in [2.45, 2.75) is 6.54 Å². The van der Waals surface area contributed by atoms with Gasteiger partial charge in [-0.05, 0) is 42.5 Å². The standard InChI is InChI=1S/C28H22Cl4FN7/c29-19-5-3-6-20(30)18(19)15-38-10-12-39(13-11-38)28-35-25(17-4-1-2-7-23(17)33)24-26(34)40(37-27(24)36-28)16-8-9-21(31)22(32)14-16/h1-9,14H,10-13,15,34H2. The average molecular weight is 617 g/mol. The van der Waals surface area contributed by atoms with E-state index < -0.39 is 5.82 Å². The molecule has 1 saturated heterocycles. The number of rotatable bonds is 5. The normalized spacial score (nSPS) is 14.3. The van der Waals surface area contributed by atoms with Crippen LogP contribution in [0.25, 0.3) is 28.0 Å². The highest BCUT2D eigenvalue weighted by atomic mass is 35.5. The fourth-order valence-electron chi connectivity index (χ4n) is 4.82. The van der Waals surface area contributed by atoms with Crippen molar-refractivity contribution in [1.82, 2.24) is 24.6 Å². The Balaban J connectivity index is 1.37. The lowest BCUT2D eigenvalue weighted by molar-refractivity contribution is 0.249. The zero-order valence-electron chi connectivity index (χ0n) is 21.0. The average Bonchev–Trinajstić information content (AvgIpc) is 3.29. The summed E-state index contributed by atoms with van der Waals surface area (Å²) in [6.45, 7) is 3.40. The number of hydrogen-bond acceptors (Lipinski definition) is 6. The van der Waals surface area contributed by atoms with Gasteiger partial charge in [0.2, 0.25) is 5.95 Å². The second-order valence-corrected chi connectivity index (χ2v) is 11.0. The van der Waals surface area contributed by atoms with E-state index in [0.29, 0.717) is 73.7 Å². The first kappa shape index (κ1) is 27.1. The largest absolute Gasteiger partial charge is 0.383 e. The predicted octanol–water partition coefficient (Wildman–Crippen LogP) is 7.14. The Morgan fingerprint density at radius 1 is 0.800 bits per heavy atom. The lowest BCUT2D eigenvalue weighted by Gasteiger charge is -2.35. The van der Waals surface area contributed by atoms with Gasteiger partial charge >= 0.3 is 0 Å². The summed E-state index contributed by atoms with van der Waals surface area (Å²) < 4.78 is 16.6. The number of benzene rings is 3. The molecule has 204 valence electrons. The second kappa shape index (κ2) is 11.0. The second-order valence-electron chi connectivity index (χ2n) is 9.41. The van der Waals surface area contributed by atoms with Gasteiger partial charge in [-0.25, -0.2) is 14.1 Å².